The zero-order chi connectivity index (χ0) is 11.2. The Morgan fingerprint density at radius 2 is 2.19 bits per heavy atom. The van der Waals surface area contributed by atoms with Gasteiger partial charge in [-0.1, -0.05) is 17.8 Å². The second-order valence-corrected chi connectivity index (χ2v) is 5.49. The fourth-order valence-corrected chi connectivity index (χ4v) is 3.00. The molecule has 3 nitrogen and oxygen atoms in total. The minimum absolute atomic E-state index is 0.184. The quantitative estimate of drug-likeness (QED) is 0.811. The Morgan fingerprint density at radius 1 is 1.38 bits per heavy atom. The molecule has 16 heavy (non-hydrogen) atoms. The molecule has 0 amide bonds. The van der Waals surface area contributed by atoms with Gasteiger partial charge in [-0.05, 0) is 30.5 Å². The number of aldehydes is 2. The SMILES string of the molecule is O=CC1Nc2ccc(C3(C=O)CC3)cc2S1. The minimum atomic E-state index is -0.227. The van der Waals surface area contributed by atoms with Crippen LogP contribution in [0.4, 0.5) is 5.69 Å². The average molecular weight is 233 g/mol. The van der Waals surface area contributed by atoms with E-state index >= 15 is 0 Å². The van der Waals surface area contributed by atoms with Gasteiger partial charge >= 0.3 is 0 Å². The van der Waals surface area contributed by atoms with Crippen LogP contribution in [0.1, 0.15) is 18.4 Å². The van der Waals surface area contributed by atoms with E-state index in [1.54, 1.807) is 0 Å². The minimum Gasteiger partial charge on any atom is -0.366 e. The second kappa shape index (κ2) is 3.35. The first-order chi connectivity index (χ1) is 7.77. The molecule has 1 heterocycles. The first-order valence-electron chi connectivity index (χ1n) is 5.27. The number of rotatable bonds is 3. The standard InChI is InChI=1S/C12H11NO2S/c14-6-11-13-9-2-1-8(5-10(9)16-11)12(7-15)3-4-12/h1-2,5-7,11,13H,3-4H2. The van der Waals surface area contributed by atoms with Crippen LogP contribution in [0.15, 0.2) is 23.1 Å². The van der Waals surface area contributed by atoms with Gasteiger partial charge in [-0.15, -0.1) is 0 Å². The summed E-state index contributed by atoms with van der Waals surface area (Å²) in [6.45, 7) is 0. The number of hydrogen-bond donors (Lipinski definition) is 1. The molecule has 1 aliphatic heterocycles. The van der Waals surface area contributed by atoms with E-state index in [4.69, 9.17) is 0 Å². The van der Waals surface area contributed by atoms with Gasteiger partial charge in [-0.25, -0.2) is 0 Å². The van der Waals surface area contributed by atoms with Crippen LogP contribution >= 0.6 is 11.8 Å². The monoisotopic (exact) mass is 233 g/mol. The molecule has 1 aliphatic carbocycles. The van der Waals surface area contributed by atoms with Crippen molar-refractivity contribution in [3.05, 3.63) is 23.8 Å². The molecule has 1 aromatic rings. The number of fused-ring (bicyclic) bond motifs is 1. The fourth-order valence-electron chi connectivity index (χ4n) is 2.04. The number of hydrogen-bond acceptors (Lipinski definition) is 4. The van der Waals surface area contributed by atoms with Gasteiger partial charge in [0.05, 0.1) is 5.41 Å². The Labute approximate surface area is 97.6 Å². The molecular formula is C12H11NO2S. The van der Waals surface area contributed by atoms with E-state index in [0.29, 0.717) is 0 Å². The highest BCUT2D eigenvalue weighted by molar-refractivity contribution is 8.01. The summed E-state index contributed by atoms with van der Waals surface area (Å²) in [5.41, 5.74) is 1.85. The molecule has 0 bridgehead atoms. The number of thioether (sulfide) groups is 1. The van der Waals surface area contributed by atoms with Crippen molar-refractivity contribution in [2.24, 2.45) is 0 Å². The zero-order valence-corrected chi connectivity index (χ0v) is 9.42. The topological polar surface area (TPSA) is 46.2 Å². The van der Waals surface area contributed by atoms with Gasteiger partial charge in [-0.2, -0.15) is 0 Å². The van der Waals surface area contributed by atoms with Crippen LogP contribution in [0.25, 0.3) is 0 Å². The molecule has 1 fully saturated rings. The molecule has 0 saturated heterocycles. The summed E-state index contributed by atoms with van der Waals surface area (Å²) < 4.78 is 0. The van der Waals surface area contributed by atoms with Gasteiger partial charge in [-0.3, -0.25) is 0 Å². The summed E-state index contributed by atoms with van der Waals surface area (Å²) in [5, 5.41) is 2.92. The maximum Gasteiger partial charge on any atom is 0.152 e. The van der Waals surface area contributed by atoms with Gasteiger partial charge in [0.25, 0.3) is 0 Å². The van der Waals surface area contributed by atoms with Crippen LogP contribution in [0.5, 0.6) is 0 Å². The first kappa shape index (κ1) is 9.90. The number of nitrogens with one attached hydrogen (secondary N) is 1. The molecule has 1 saturated carbocycles. The summed E-state index contributed by atoms with van der Waals surface area (Å²) in [6, 6.07) is 5.99. The fraction of sp³-hybridized carbons (Fsp3) is 0.333. The van der Waals surface area contributed by atoms with Gasteiger partial charge in [0.2, 0.25) is 0 Å². The molecule has 0 radical (unpaired) electrons. The third-order valence-electron chi connectivity index (χ3n) is 3.25. The van der Waals surface area contributed by atoms with Crippen molar-refractivity contribution in [2.75, 3.05) is 5.32 Å². The third-order valence-corrected chi connectivity index (χ3v) is 4.32. The Morgan fingerprint density at radius 3 is 2.81 bits per heavy atom. The largest absolute Gasteiger partial charge is 0.366 e. The van der Waals surface area contributed by atoms with E-state index in [1.807, 2.05) is 18.2 Å². The van der Waals surface area contributed by atoms with E-state index in [-0.39, 0.29) is 10.8 Å². The highest BCUT2D eigenvalue weighted by Gasteiger charge is 2.44. The van der Waals surface area contributed by atoms with Crippen molar-refractivity contribution in [3.63, 3.8) is 0 Å². The van der Waals surface area contributed by atoms with Crippen LogP contribution in [0, 0.1) is 0 Å². The van der Waals surface area contributed by atoms with E-state index in [0.717, 1.165) is 41.6 Å². The van der Waals surface area contributed by atoms with Gasteiger partial charge in [0, 0.05) is 10.6 Å². The molecule has 3 rings (SSSR count). The van der Waals surface area contributed by atoms with Crippen molar-refractivity contribution in [1.29, 1.82) is 0 Å². The van der Waals surface area contributed by atoms with Crippen molar-refractivity contribution in [2.45, 2.75) is 28.5 Å². The zero-order valence-electron chi connectivity index (χ0n) is 8.60. The third kappa shape index (κ3) is 1.37. The molecule has 0 spiro atoms. The van der Waals surface area contributed by atoms with Gasteiger partial charge in [0.1, 0.15) is 11.7 Å². The lowest BCUT2D eigenvalue weighted by molar-refractivity contribution is -0.110. The summed E-state index contributed by atoms with van der Waals surface area (Å²) in [6.07, 6.45) is 3.85. The van der Waals surface area contributed by atoms with Crippen molar-refractivity contribution >= 4 is 30.0 Å². The normalized spacial score (nSPS) is 24.4. The lowest BCUT2D eigenvalue weighted by Crippen LogP contribution is -2.10. The molecule has 1 N–H and O–H groups in total. The van der Waals surface area contributed by atoms with Crippen molar-refractivity contribution in [3.8, 4) is 0 Å². The lowest BCUT2D eigenvalue weighted by atomic mass is 9.97. The van der Waals surface area contributed by atoms with E-state index in [1.165, 1.54) is 11.8 Å². The maximum absolute atomic E-state index is 11.0. The molecular weight excluding hydrogens is 222 g/mol. The highest BCUT2D eigenvalue weighted by Crippen LogP contribution is 2.49. The van der Waals surface area contributed by atoms with E-state index < -0.39 is 0 Å². The molecule has 4 heteroatoms. The molecule has 2 aliphatic rings. The van der Waals surface area contributed by atoms with Crippen LogP contribution < -0.4 is 5.32 Å². The van der Waals surface area contributed by atoms with E-state index in [9.17, 15) is 9.59 Å². The predicted molar refractivity (Wildman–Crippen MR) is 62.7 cm³/mol. The van der Waals surface area contributed by atoms with E-state index in [2.05, 4.69) is 5.32 Å². The summed E-state index contributed by atoms with van der Waals surface area (Å²) in [5.74, 6) is 0. The van der Waals surface area contributed by atoms with Crippen LogP contribution in [0.3, 0.4) is 0 Å². The Kier molecular flexibility index (Phi) is 2.07. The molecule has 1 aromatic carbocycles. The average Bonchev–Trinajstić information content (AvgIpc) is 3.01. The molecule has 1 atom stereocenters. The highest BCUT2D eigenvalue weighted by atomic mass is 32.2. The maximum atomic E-state index is 11.0. The van der Waals surface area contributed by atoms with Crippen LogP contribution in [0.2, 0.25) is 0 Å². The molecule has 82 valence electrons. The Hall–Kier alpha value is -1.29. The summed E-state index contributed by atoms with van der Waals surface area (Å²) >= 11 is 1.51. The number of benzene rings is 1. The molecule has 0 aromatic heterocycles. The van der Waals surface area contributed by atoms with Crippen molar-refractivity contribution in [1.82, 2.24) is 0 Å². The van der Waals surface area contributed by atoms with Crippen LogP contribution in [-0.2, 0) is 15.0 Å². The van der Waals surface area contributed by atoms with Crippen molar-refractivity contribution < 1.29 is 9.59 Å². The lowest BCUT2D eigenvalue weighted by Gasteiger charge is -2.08. The summed E-state index contributed by atoms with van der Waals surface area (Å²) in [4.78, 5) is 22.8. The second-order valence-electron chi connectivity index (χ2n) is 4.30. The number of anilines is 1. The Bertz CT molecular complexity index is 468. The van der Waals surface area contributed by atoms with Crippen LogP contribution in [-0.4, -0.2) is 17.9 Å². The molecule has 1 unspecified atom stereocenters. The summed E-state index contributed by atoms with van der Waals surface area (Å²) in [7, 11) is 0. The number of carbonyl (C=O) groups excluding carboxylic acids is 2. The Balaban J connectivity index is 1.96. The number of carbonyl (C=O) groups is 2. The predicted octanol–water partition coefficient (Wildman–Crippen LogP) is 1.96. The smallest absolute Gasteiger partial charge is 0.152 e. The van der Waals surface area contributed by atoms with Gasteiger partial charge in [0.15, 0.2) is 6.29 Å². The first-order valence-corrected chi connectivity index (χ1v) is 6.15. The van der Waals surface area contributed by atoms with Gasteiger partial charge < -0.3 is 14.9 Å².